The lowest BCUT2D eigenvalue weighted by atomic mass is 10.0. The second-order valence-electron chi connectivity index (χ2n) is 6.59. The van der Waals surface area contributed by atoms with E-state index in [9.17, 15) is 4.79 Å². The van der Waals surface area contributed by atoms with Gasteiger partial charge in [-0.25, -0.2) is 0 Å². The third kappa shape index (κ3) is 3.74. The Bertz CT molecular complexity index is 794. The first kappa shape index (κ1) is 16.3. The summed E-state index contributed by atoms with van der Waals surface area (Å²) in [6.45, 7) is 0.119. The second-order valence-corrected chi connectivity index (χ2v) is 7.02. The fraction of sp³-hybridized carbons (Fsp3) is 0.444. The Kier molecular flexibility index (Phi) is 4.53. The molecule has 1 aromatic carbocycles. The normalized spacial score (nSPS) is 17.2. The summed E-state index contributed by atoms with van der Waals surface area (Å²) in [6.07, 6.45) is 8.81. The van der Waals surface area contributed by atoms with E-state index in [1.807, 2.05) is 17.0 Å². The van der Waals surface area contributed by atoms with Crippen LogP contribution >= 0.6 is 11.6 Å². The molecule has 0 bridgehead atoms. The summed E-state index contributed by atoms with van der Waals surface area (Å²) >= 11 is 5.90. The van der Waals surface area contributed by atoms with Gasteiger partial charge in [-0.2, -0.15) is 4.80 Å². The minimum absolute atomic E-state index is 0.0516. The highest BCUT2D eigenvalue weighted by Crippen LogP contribution is 2.33. The number of amides is 1. The van der Waals surface area contributed by atoms with Crippen LogP contribution < -0.4 is 0 Å². The number of tetrazole rings is 1. The van der Waals surface area contributed by atoms with Crippen molar-refractivity contribution in [3.05, 3.63) is 41.1 Å². The fourth-order valence-electron chi connectivity index (χ4n) is 3.19. The molecule has 1 amide bonds. The number of carbonyl (C=O) groups is 1. The van der Waals surface area contributed by atoms with Gasteiger partial charge in [0.25, 0.3) is 5.91 Å². The molecule has 0 saturated heterocycles. The van der Waals surface area contributed by atoms with E-state index >= 15 is 0 Å². The summed E-state index contributed by atoms with van der Waals surface area (Å²) in [5.74, 6) is 0.551. The average molecular weight is 358 g/mol. The van der Waals surface area contributed by atoms with E-state index in [1.54, 1.807) is 12.1 Å². The summed E-state index contributed by atoms with van der Waals surface area (Å²) in [6, 6.07) is 7.61. The van der Waals surface area contributed by atoms with Gasteiger partial charge in [-0.05, 0) is 68.0 Å². The maximum atomic E-state index is 12.8. The minimum atomic E-state index is 0.0516. The van der Waals surface area contributed by atoms with Crippen molar-refractivity contribution in [3.63, 3.8) is 0 Å². The van der Waals surface area contributed by atoms with E-state index in [2.05, 4.69) is 21.5 Å². The van der Waals surface area contributed by atoms with E-state index in [-0.39, 0.29) is 12.5 Å². The van der Waals surface area contributed by atoms with Crippen LogP contribution in [0.4, 0.5) is 0 Å². The second kappa shape index (κ2) is 6.96. The zero-order valence-electron chi connectivity index (χ0n) is 13.9. The smallest absolute Gasteiger partial charge is 0.250 e. The van der Waals surface area contributed by atoms with E-state index < -0.39 is 0 Å². The standard InChI is InChI=1S/C18H20ClN5O/c19-14-8-6-13(7-9-14)18-20-22-23(21-18)12-17(25)24(16-10-11-16)15-4-2-1-3-5-15/h4,6-9,16H,1-3,5,10-12H2. The molecule has 0 N–H and O–H groups in total. The van der Waals surface area contributed by atoms with Gasteiger partial charge in [0.2, 0.25) is 5.82 Å². The SMILES string of the molecule is O=C(Cn1nnc(-c2ccc(Cl)cc2)n1)N(C1=CCCCC1)C1CC1. The molecule has 2 aromatic rings. The molecule has 0 atom stereocenters. The van der Waals surface area contributed by atoms with Crippen molar-refractivity contribution in [2.45, 2.75) is 51.1 Å². The highest BCUT2D eigenvalue weighted by atomic mass is 35.5. The number of allylic oxidation sites excluding steroid dienone is 2. The van der Waals surface area contributed by atoms with Crippen LogP contribution in [0.2, 0.25) is 5.02 Å². The van der Waals surface area contributed by atoms with Crippen molar-refractivity contribution < 1.29 is 4.79 Å². The molecule has 1 heterocycles. The van der Waals surface area contributed by atoms with Crippen molar-refractivity contribution in [1.29, 1.82) is 0 Å². The lowest BCUT2D eigenvalue weighted by Crippen LogP contribution is -2.36. The average Bonchev–Trinajstić information content (AvgIpc) is 3.34. The quantitative estimate of drug-likeness (QED) is 0.822. The van der Waals surface area contributed by atoms with Crippen LogP contribution in [0.5, 0.6) is 0 Å². The highest BCUT2D eigenvalue weighted by molar-refractivity contribution is 6.30. The number of hydrogen-bond acceptors (Lipinski definition) is 4. The predicted molar refractivity (Wildman–Crippen MR) is 94.7 cm³/mol. The van der Waals surface area contributed by atoms with Gasteiger partial charge >= 0.3 is 0 Å². The van der Waals surface area contributed by atoms with Crippen LogP contribution in [0.15, 0.2) is 36.0 Å². The van der Waals surface area contributed by atoms with Gasteiger partial charge in [0.1, 0.15) is 6.54 Å². The Morgan fingerprint density at radius 1 is 1.24 bits per heavy atom. The first-order valence-electron chi connectivity index (χ1n) is 8.75. The van der Waals surface area contributed by atoms with Crippen LogP contribution in [-0.4, -0.2) is 37.1 Å². The Morgan fingerprint density at radius 2 is 2.04 bits per heavy atom. The molecule has 4 rings (SSSR count). The Morgan fingerprint density at radius 3 is 2.72 bits per heavy atom. The Labute approximate surface area is 151 Å². The molecule has 1 saturated carbocycles. The van der Waals surface area contributed by atoms with Gasteiger partial charge in [-0.1, -0.05) is 17.7 Å². The molecule has 2 aliphatic rings. The third-order valence-corrected chi connectivity index (χ3v) is 4.84. The van der Waals surface area contributed by atoms with Gasteiger partial charge in [0, 0.05) is 22.3 Å². The summed E-state index contributed by atoms with van der Waals surface area (Å²) in [4.78, 5) is 16.2. The van der Waals surface area contributed by atoms with Crippen molar-refractivity contribution >= 4 is 17.5 Å². The van der Waals surface area contributed by atoms with E-state index in [0.717, 1.165) is 37.7 Å². The van der Waals surface area contributed by atoms with Gasteiger partial charge < -0.3 is 4.90 Å². The Hall–Kier alpha value is -2.21. The van der Waals surface area contributed by atoms with Crippen molar-refractivity contribution in [2.75, 3.05) is 0 Å². The number of benzene rings is 1. The number of aromatic nitrogens is 4. The lowest BCUT2D eigenvalue weighted by Gasteiger charge is -2.27. The topological polar surface area (TPSA) is 63.9 Å². The van der Waals surface area contributed by atoms with Crippen molar-refractivity contribution in [2.24, 2.45) is 0 Å². The molecule has 130 valence electrons. The molecular formula is C18H20ClN5O. The van der Waals surface area contributed by atoms with E-state index in [4.69, 9.17) is 11.6 Å². The van der Waals surface area contributed by atoms with E-state index in [1.165, 1.54) is 16.9 Å². The van der Waals surface area contributed by atoms with Crippen LogP contribution in [0, 0.1) is 0 Å². The molecule has 1 fully saturated rings. The van der Waals surface area contributed by atoms with Crippen molar-refractivity contribution in [3.8, 4) is 11.4 Å². The minimum Gasteiger partial charge on any atom is -0.312 e. The molecule has 0 radical (unpaired) electrons. The highest BCUT2D eigenvalue weighted by Gasteiger charge is 2.35. The molecular weight excluding hydrogens is 338 g/mol. The zero-order chi connectivity index (χ0) is 17.2. The molecule has 6 nitrogen and oxygen atoms in total. The molecule has 0 aliphatic heterocycles. The molecule has 1 aromatic heterocycles. The fourth-order valence-corrected chi connectivity index (χ4v) is 3.32. The third-order valence-electron chi connectivity index (χ3n) is 4.59. The van der Waals surface area contributed by atoms with Crippen LogP contribution in [-0.2, 0) is 11.3 Å². The molecule has 7 heteroatoms. The van der Waals surface area contributed by atoms with Gasteiger partial charge in [0.05, 0.1) is 0 Å². The van der Waals surface area contributed by atoms with Crippen molar-refractivity contribution in [1.82, 2.24) is 25.1 Å². The number of nitrogens with zero attached hydrogens (tertiary/aromatic N) is 5. The number of hydrogen-bond donors (Lipinski definition) is 0. The summed E-state index contributed by atoms with van der Waals surface area (Å²) < 4.78 is 0. The predicted octanol–water partition coefficient (Wildman–Crippen LogP) is 3.44. The first-order chi connectivity index (χ1) is 12.2. The van der Waals surface area contributed by atoms with Crippen LogP contribution in [0.3, 0.4) is 0 Å². The van der Waals surface area contributed by atoms with Crippen LogP contribution in [0.25, 0.3) is 11.4 Å². The Balaban J connectivity index is 1.48. The van der Waals surface area contributed by atoms with Crippen LogP contribution in [0.1, 0.15) is 38.5 Å². The summed E-state index contributed by atoms with van der Waals surface area (Å²) in [7, 11) is 0. The largest absolute Gasteiger partial charge is 0.312 e. The summed E-state index contributed by atoms with van der Waals surface area (Å²) in [5.41, 5.74) is 2.01. The maximum absolute atomic E-state index is 12.8. The van der Waals surface area contributed by atoms with Gasteiger partial charge in [-0.15, -0.1) is 10.2 Å². The molecule has 25 heavy (non-hydrogen) atoms. The molecule has 0 unspecified atom stereocenters. The van der Waals surface area contributed by atoms with Gasteiger partial charge in [-0.3, -0.25) is 4.79 Å². The lowest BCUT2D eigenvalue weighted by molar-refractivity contribution is -0.131. The molecule has 2 aliphatic carbocycles. The molecule has 0 spiro atoms. The van der Waals surface area contributed by atoms with E-state index in [0.29, 0.717) is 16.9 Å². The zero-order valence-corrected chi connectivity index (χ0v) is 14.7. The maximum Gasteiger partial charge on any atom is 0.250 e. The number of carbonyl (C=O) groups excluding carboxylic acids is 1. The first-order valence-corrected chi connectivity index (χ1v) is 9.13. The number of rotatable bonds is 5. The summed E-state index contributed by atoms with van der Waals surface area (Å²) in [5, 5.41) is 13.1. The number of halogens is 1. The monoisotopic (exact) mass is 357 g/mol. The van der Waals surface area contributed by atoms with Gasteiger partial charge in [0.15, 0.2) is 0 Å².